The van der Waals surface area contributed by atoms with Gasteiger partial charge in [0, 0.05) is 31.9 Å². The highest BCUT2D eigenvalue weighted by Crippen LogP contribution is 2.31. The van der Waals surface area contributed by atoms with Crippen LogP contribution in [0.15, 0.2) is 24.3 Å². The molecule has 0 bridgehead atoms. The van der Waals surface area contributed by atoms with E-state index in [0.29, 0.717) is 24.9 Å². The van der Waals surface area contributed by atoms with Crippen LogP contribution in [0.5, 0.6) is 0 Å². The first-order chi connectivity index (χ1) is 16.4. The third kappa shape index (κ3) is 5.65. The number of nitrogens with zero attached hydrogens (tertiary/aromatic N) is 3. The van der Waals surface area contributed by atoms with Crippen LogP contribution in [-0.4, -0.2) is 95.9 Å². The van der Waals surface area contributed by atoms with Crippen molar-refractivity contribution in [3.8, 4) is 0 Å². The van der Waals surface area contributed by atoms with Crippen molar-refractivity contribution in [2.24, 2.45) is 11.7 Å². The molecule has 4 N–H and O–H groups in total. The summed E-state index contributed by atoms with van der Waals surface area (Å²) < 4.78 is 0. The lowest BCUT2D eigenvalue weighted by Gasteiger charge is -2.29. The molecule has 2 aliphatic heterocycles. The zero-order valence-corrected chi connectivity index (χ0v) is 21.1. The van der Waals surface area contributed by atoms with E-state index >= 15 is 0 Å². The van der Waals surface area contributed by atoms with Crippen molar-refractivity contribution in [1.82, 2.24) is 15.1 Å². The quantitative estimate of drug-likeness (QED) is 0.469. The van der Waals surface area contributed by atoms with Crippen molar-refractivity contribution in [3.63, 3.8) is 0 Å². The second kappa shape index (κ2) is 10.7. The van der Waals surface area contributed by atoms with Gasteiger partial charge < -0.3 is 30.9 Å². The second-order valence-corrected chi connectivity index (χ2v) is 10.1. The van der Waals surface area contributed by atoms with Crippen molar-refractivity contribution in [2.75, 3.05) is 32.1 Å². The molecule has 5 atom stereocenters. The minimum absolute atomic E-state index is 0.125. The largest absolute Gasteiger partial charge is 0.391 e. The van der Waals surface area contributed by atoms with Crippen LogP contribution in [0.1, 0.15) is 44.0 Å². The van der Waals surface area contributed by atoms with E-state index < -0.39 is 36.2 Å². The Morgan fingerprint density at radius 1 is 1.11 bits per heavy atom. The molecule has 2 saturated heterocycles. The first-order valence-corrected chi connectivity index (χ1v) is 12.1. The summed E-state index contributed by atoms with van der Waals surface area (Å²) in [6.45, 7) is 5.51. The van der Waals surface area contributed by atoms with E-state index in [-0.39, 0.29) is 30.1 Å². The van der Waals surface area contributed by atoms with E-state index in [1.165, 1.54) is 16.7 Å². The Bertz CT molecular complexity index is 961. The second-order valence-electron chi connectivity index (χ2n) is 10.1. The van der Waals surface area contributed by atoms with Gasteiger partial charge in [0.2, 0.25) is 11.8 Å². The molecule has 10 heteroatoms. The number of amides is 3. The normalized spacial score (nSPS) is 22.1. The molecule has 0 saturated carbocycles. The van der Waals surface area contributed by atoms with Crippen LogP contribution < -0.4 is 16.0 Å². The molecule has 1 aromatic rings. The Kier molecular flexibility index (Phi) is 8.17. The molecule has 0 aromatic heterocycles. The Labute approximate surface area is 206 Å². The van der Waals surface area contributed by atoms with E-state index in [1.807, 2.05) is 45.0 Å². The molecule has 2 heterocycles. The first kappa shape index (κ1) is 26.6. The Morgan fingerprint density at radius 3 is 2.29 bits per heavy atom. The summed E-state index contributed by atoms with van der Waals surface area (Å²) >= 11 is 0. The van der Waals surface area contributed by atoms with Crippen LogP contribution in [0.25, 0.3) is 0 Å². The molecule has 3 rings (SSSR count). The molecule has 0 spiro atoms. The average molecular weight is 488 g/mol. The van der Waals surface area contributed by atoms with Crippen molar-refractivity contribution >= 4 is 29.2 Å². The predicted octanol–water partition coefficient (Wildman–Crippen LogP) is -0.0140. The van der Waals surface area contributed by atoms with Gasteiger partial charge in [-0.15, -0.1) is 0 Å². The number of hydrogen-bond acceptors (Lipinski definition) is 7. The highest BCUT2D eigenvalue weighted by molar-refractivity contribution is 6.01. The van der Waals surface area contributed by atoms with Crippen molar-refractivity contribution in [3.05, 3.63) is 29.8 Å². The van der Waals surface area contributed by atoms with Gasteiger partial charge in [0.15, 0.2) is 5.78 Å². The summed E-state index contributed by atoms with van der Waals surface area (Å²) in [5, 5.41) is 12.6. The molecular weight excluding hydrogens is 450 g/mol. The molecule has 192 valence electrons. The molecule has 0 radical (unpaired) electrons. The molecule has 2 aliphatic rings. The maximum atomic E-state index is 13.6. The number of carbonyl (C=O) groups is 4. The number of Topliss-reactive ketones (excluding diaryl/α,β-unsaturated/α-hetero) is 1. The van der Waals surface area contributed by atoms with E-state index in [9.17, 15) is 24.3 Å². The number of carbonyl (C=O) groups excluding carboxylic acids is 4. The lowest BCUT2D eigenvalue weighted by Crippen LogP contribution is -2.53. The maximum Gasteiger partial charge on any atom is 0.251 e. The SMILES string of the molecule is CC(C)C[C@H](NC(=O)c1ccc(N(C)C)cc1)C(=O)N1CC[C@@H]2[C@H]1C(=O)CN2C(=O)[C@@H](N)[C@H](C)O. The van der Waals surface area contributed by atoms with Gasteiger partial charge in [-0.25, -0.2) is 0 Å². The number of hydrogen-bond donors (Lipinski definition) is 3. The summed E-state index contributed by atoms with van der Waals surface area (Å²) in [7, 11) is 3.82. The number of anilines is 1. The highest BCUT2D eigenvalue weighted by Gasteiger charge is 2.52. The molecule has 0 aliphatic carbocycles. The zero-order valence-electron chi connectivity index (χ0n) is 21.1. The van der Waals surface area contributed by atoms with Gasteiger partial charge in [0.1, 0.15) is 18.1 Å². The van der Waals surface area contributed by atoms with E-state index in [0.717, 1.165) is 5.69 Å². The zero-order chi connectivity index (χ0) is 26.0. The number of aliphatic hydroxyl groups excluding tert-OH is 1. The van der Waals surface area contributed by atoms with Crippen molar-refractivity contribution in [1.29, 1.82) is 0 Å². The third-order valence-corrected chi connectivity index (χ3v) is 6.75. The Balaban J connectivity index is 1.76. The smallest absolute Gasteiger partial charge is 0.251 e. The number of nitrogens with two attached hydrogens (primary N) is 1. The topological polar surface area (TPSA) is 136 Å². The van der Waals surface area contributed by atoms with Crippen LogP contribution in [-0.2, 0) is 14.4 Å². The minimum atomic E-state index is -1.13. The average Bonchev–Trinajstić information content (AvgIpc) is 3.38. The fourth-order valence-corrected chi connectivity index (χ4v) is 4.80. The first-order valence-electron chi connectivity index (χ1n) is 12.1. The number of nitrogens with one attached hydrogen (secondary N) is 1. The summed E-state index contributed by atoms with van der Waals surface area (Å²) in [6.07, 6.45) is -0.194. The van der Waals surface area contributed by atoms with Crippen LogP contribution in [0.3, 0.4) is 0 Å². The van der Waals surface area contributed by atoms with Gasteiger partial charge in [0.05, 0.1) is 18.7 Å². The Hall–Kier alpha value is -2.98. The number of benzene rings is 1. The number of fused-ring (bicyclic) bond motifs is 1. The highest BCUT2D eigenvalue weighted by atomic mass is 16.3. The van der Waals surface area contributed by atoms with Crippen LogP contribution in [0, 0.1) is 5.92 Å². The van der Waals surface area contributed by atoms with Gasteiger partial charge in [-0.2, -0.15) is 0 Å². The molecular formula is C25H37N5O5. The lowest BCUT2D eigenvalue weighted by molar-refractivity contribution is -0.138. The molecule has 1 aromatic carbocycles. The van der Waals surface area contributed by atoms with E-state index in [1.54, 1.807) is 12.1 Å². The lowest BCUT2D eigenvalue weighted by atomic mass is 10.0. The summed E-state index contributed by atoms with van der Waals surface area (Å²) in [5.41, 5.74) is 7.21. The van der Waals surface area contributed by atoms with E-state index in [2.05, 4.69) is 5.32 Å². The summed E-state index contributed by atoms with van der Waals surface area (Å²) in [5.74, 6) is -1.29. The molecule has 10 nitrogen and oxygen atoms in total. The fraction of sp³-hybridized carbons (Fsp3) is 0.600. The van der Waals surface area contributed by atoms with Crippen molar-refractivity contribution < 1.29 is 24.3 Å². The number of rotatable bonds is 8. The molecule has 2 fully saturated rings. The third-order valence-electron chi connectivity index (χ3n) is 6.75. The fourth-order valence-electron chi connectivity index (χ4n) is 4.80. The molecule has 35 heavy (non-hydrogen) atoms. The molecule has 3 amide bonds. The predicted molar refractivity (Wildman–Crippen MR) is 132 cm³/mol. The van der Waals surface area contributed by atoms with Gasteiger partial charge in [-0.05, 0) is 49.9 Å². The minimum Gasteiger partial charge on any atom is -0.391 e. The summed E-state index contributed by atoms with van der Waals surface area (Å²) in [6, 6.07) is 3.92. The number of likely N-dealkylation sites (tertiary alicyclic amines) is 2. The van der Waals surface area contributed by atoms with Crippen LogP contribution in [0.4, 0.5) is 5.69 Å². The number of ketones is 1. The van der Waals surface area contributed by atoms with Gasteiger partial charge in [-0.3, -0.25) is 19.2 Å². The Morgan fingerprint density at radius 2 is 1.74 bits per heavy atom. The maximum absolute atomic E-state index is 13.6. The van der Waals surface area contributed by atoms with Crippen LogP contribution >= 0.6 is 0 Å². The van der Waals surface area contributed by atoms with Gasteiger partial charge >= 0.3 is 0 Å². The monoisotopic (exact) mass is 487 g/mol. The van der Waals surface area contributed by atoms with Gasteiger partial charge in [-0.1, -0.05) is 13.8 Å². The van der Waals surface area contributed by atoms with Crippen LogP contribution in [0.2, 0.25) is 0 Å². The van der Waals surface area contributed by atoms with Crippen molar-refractivity contribution in [2.45, 2.75) is 63.9 Å². The number of aliphatic hydroxyl groups is 1. The van der Waals surface area contributed by atoms with Gasteiger partial charge in [0.25, 0.3) is 5.91 Å². The standard InChI is InChI=1S/C25H37N5O5/c1-14(2)12-18(27-23(33)16-6-8-17(9-7-16)28(4)5)24(34)29-11-10-19-22(29)20(32)13-30(19)25(35)21(26)15(3)31/h6-9,14-15,18-19,21-22,31H,10-13,26H2,1-5H3,(H,27,33)/t15-,18-,19+,21-,22-/m0/s1. The molecule has 0 unspecified atom stereocenters. The summed E-state index contributed by atoms with van der Waals surface area (Å²) in [4.78, 5) is 56.9. The van der Waals surface area contributed by atoms with E-state index in [4.69, 9.17) is 5.73 Å².